The van der Waals surface area contributed by atoms with E-state index in [-0.39, 0.29) is 17.8 Å². The van der Waals surface area contributed by atoms with E-state index in [0.717, 1.165) is 0 Å². The van der Waals surface area contributed by atoms with Gasteiger partial charge in [-0.2, -0.15) is 5.26 Å². The predicted octanol–water partition coefficient (Wildman–Crippen LogP) is 2.13. The molecule has 0 aromatic heterocycles. The molecule has 0 saturated carbocycles. The third-order valence-electron chi connectivity index (χ3n) is 4.07. The number of hydrogen-bond donors (Lipinski definition) is 0. The maximum Gasteiger partial charge on any atom is 0.309 e. The lowest BCUT2D eigenvalue weighted by atomic mass is 9.97. The van der Waals surface area contributed by atoms with E-state index in [2.05, 4.69) is 0 Å². The molecule has 0 aliphatic carbocycles. The number of hydrogen-bond acceptors (Lipinski definition) is 5. The summed E-state index contributed by atoms with van der Waals surface area (Å²) in [4.78, 5) is 25.9. The molecule has 1 saturated heterocycles. The van der Waals surface area contributed by atoms with Crippen LogP contribution in [0.1, 0.15) is 32.3 Å². The van der Waals surface area contributed by atoms with Gasteiger partial charge in [-0.3, -0.25) is 9.59 Å². The lowest BCUT2D eigenvalue weighted by Crippen LogP contribution is -2.45. The number of esters is 1. The number of rotatable bonds is 5. The highest BCUT2D eigenvalue weighted by Crippen LogP contribution is 2.20. The van der Waals surface area contributed by atoms with E-state index >= 15 is 0 Å². The summed E-state index contributed by atoms with van der Waals surface area (Å²) >= 11 is 0. The first kappa shape index (κ1) is 17.8. The molecule has 1 unspecified atom stereocenters. The summed E-state index contributed by atoms with van der Waals surface area (Å²) in [5, 5.41) is 8.78. The summed E-state index contributed by atoms with van der Waals surface area (Å²) in [5.41, 5.74) is 0.544. The predicted molar refractivity (Wildman–Crippen MR) is 87.2 cm³/mol. The van der Waals surface area contributed by atoms with E-state index in [1.54, 1.807) is 43.0 Å². The normalized spacial score (nSPS) is 16.1. The molecule has 0 spiro atoms. The van der Waals surface area contributed by atoms with Crippen LogP contribution in [0, 0.1) is 17.2 Å². The first-order valence-corrected chi connectivity index (χ1v) is 8.17. The van der Waals surface area contributed by atoms with Gasteiger partial charge in [0.1, 0.15) is 5.75 Å². The van der Waals surface area contributed by atoms with Crippen LogP contribution < -0.4 is 4.74 Å². The lowest BCUT2D eigenvalue weighted by molar-refractivity contribution is -0.152. The van der Waals surface area contributed by atoms with Crippen molar-refractivity contribution in [1.29, 1.82) is 5.26 Å². The Morgan fingerprint density at radius 3 is 2.46 bits per heavy atom. The van der Waals surface area contributed by atoms with E-state index in [1.807, 2.05) is 6.07 Å². The molecule has 2 rings (SSSR count). The number of nitrogens with zero attached hydrogens (tertiary/aromatic N) is 2. The first-order chi connectivity index (χ1) is 11.5. The Bertz CT molecular complexity index is 613. The van der Waals surface area contributed by atoms with E-state index in [1.165, 1.54) is 0 Å². The van der Waals surface area contributed by atoms with Crippen molar-refractivity contribution in [3.05, 3.63) is 29.8 Å². The molecule has 1 fully saturated rings. The molecule has 0 radical (unpaired) electrons. The number of amides is 1. The minimum atomic E-state index is -0.614. The standard InChI is InChI=1S/C18H22N2O4/c1-3-23-18(22)15-8-10-20(11-9-15)17(21)13(2)24-16-6-4-14(12-19)5-7-16/h4-7,13,15H,3,8-11H2,1-2H3. The number of ether oxygens (including phenoxy) is 2. The molecular formula is C18H22N2O4. The second-order valence-electron chi connectivity index (χ2n) is 5.75. The van der Waals surface area contributed by atoms with Crippen LogP contribution in [0.5, 0.6) is 5.75 Å². The fraction of sp³-hybridized carbons (Fsp3) is 0.500. The maximum atomic E-state index is 12.5. The van der Waals surface area contributed by atoms with Crippen molar-refractivity contribution in [3.63, 3.8) is 0 Å². The summed E-state index contributed by atoms with van der Waals surface area (Å²) in [5.74, 6) is 0.160. The number of carbonyl (C=O) groups excluding carboxylic acids is 2. The number of piperidine rings is 1. The van der Waals surface area contributed by atoms with Crippen molar-refractivity contribution in [2.45, 2.75) is 32.8 Å². The third-order valence-corrected chi connectivity index (χ3v) is 4.07. The third kappa shape index (κ3) is 4.48. The summed E-state index contributed by atoms with van der Waals surface area (Å²) in [6.07, 6.45) is 0.625. The Hall–Kier alpha value is -2.55. The largest absolute Gasteiger partial charge is 0.481 e. The summed E-state index contributed by atoms with van der Waals surface area (Å²) in [6, 6.07) is 8.69. The highest BCUT2D eigenvalue weighted by Gasteiger charge is 2.30. The fourth-order valence-electron chi connectivity index (χ4n) is 2.72. The highest BCUT2D eigenvalue weighted by molar-refractivity contribution is 5.81. The first-order valence-electron chi connectivity index (χ1n) is 8.17. The van der Waals surface area contributed by atoms with Crippen LogP contribution in [-0.2, 0) is 14.3 Å². The van der Waals surface area contributed by atoms with E-state index in [9.17, 15) is 9.59 Å². The van der Waals surface area contributed by atoms with Gasteiger partial charge in [-0.1, -0.05) is 0 Å². The molecule has 1 atom stereocenters. The van der Waals surface area contributed by atoms with Gasteiger partial charge < -0.3 is 14.4 Å². The van der Waals surface area contributed by atoms with Gasteiger partial charge in [0.15, 0.2) is 6.10 Å². The monoisotopic (exact) mass is 330 g/mol. The van der Waals surface area contributed by atoms with Crippen LogP contribution in [0.15, 0.2) is 24.3 Å². The summed E-state index contributed by atoms with van der Waals surface area (Å²) < 4.78 is 10.7. The zero-order valence-corrected chi connectivity index (χ0v) is 14.0. The van der Waals surface area contributed by atoms with E-state index in [4.69, 9.17) is 14.7 Å². The van der Waals surface area contributed by atoms with Crippen molar-refractivity contribution in [3.8, 4) is 11.8 Å². The molecule has 1 aromatic carbocycles. The van der Waals surface area contributed by atoms with Gasteiger partial charge in [-0.05, 0) is 51.0 Å². The molecule has 1 heterocycles. The smallest absolute Gasteiger partial charge is 0.309 e. The number of benzene rings is 1. The Kier molecular flexibility index (Phi) is 6.19. The lowest BCUT2D eigenvalue weighted by Gasteiger charge is -2.32. The van der Waals surface area contributed by atoms with Gasteiger partial charge in [0.2, 0.25) is 0 Å². The fourth-order valence-corrected chi connectivity index (χ4v) is 2.72. The van der Waals surface area contributed by atoms with Gasteiger partial charge in [0.05, 0.1) is 24.2 Å². The minimum absolute atomic E-state index is 0.0957. The average Bonchev–Trinajstić information content (AvgIpc) is 2.62. The maximum absolute atomic E-state index is 12.5. The number of likely N-dealkylation sites (tertiary alicyclic amines) is 1. The summed E-state index contributed by atoms with van der Waals surface area (Å²) in [6.45, 7) is 4.94. The zero-order chi connectivity index (χ0) is 17.5. The highest BCUT2D eigenvalue weighted by atomic mass is 16.5. The molecule has 1 amide bonds. The van der Waals surface area contributed by atoms with Crippen molar-refractivity contribution in [2.24, 2.45) is 5.92 Å². The quantitative estimate of drug-likeness (QED) is 0.773. The zero-order valence-electron chi connectivity index (χ0n) is 14.0. The SMILES string of the molecule is CCOC(=O)C1CCN(C(=O)C(C)Oc2ccc(C#N)cc2)CC1. The molecule has 0 N–H and O–H groups in total. The van der Waals surface area contributed by atoms with Gasteiger partial charge in [0.25, 0.3) is 5.91 Å². The van der Waals surface area contributed by atoms with Gasteiger partial charge in [0, 0.05) is 13.1 Å². The van der Waals surface area contributed by atoms with E-state index in [0.29, 0.717) is 43.9 Å². The van der Waals surface area contributed by atoms with Crippen LogP contribution in [0.2, 0.25) is 0 Å². The Morgan fingerprint density at radius 2 is 1.92 bits per heavy atom. The Morgan fingerprint density at radius 1 is 1.29 bits per heavy atom. The van der Waals surface area contributed by atoms with E-state index < -0.39 is 6.10 Å². The van der Waals surface area contributed by atoms with Crippen molar-refractivity contribution in [2.75, 3.05) is 19.7 Å². The summed E-state index contributed by atoms with van der Waals surface area (Å²) in [7, 11) is 0. The van der Waals surface area contributed by atoms with Crippen LogP contribution in [0.3, 0.4) is 0 Å². The second kappa shape index (κ2) is 8.34. The number of nitriles is 1. The van der Waals surface area contributed by atoms with Crippen LogP contribution in [0.25, 0.3) is 0 Å². The molecular weight excluding hydrogens is 308 g/mol. The van der Waals surface area contributed by atoms with Crippen LogP contribution >= 0.6 is 0 Å². The van der Waals surface area contributed by atoms with Gasteiger partial charge >= 0.3 is 5.97 Å². The van der Waals surface area contributed by atoms with Gasteiger partial charge in [-0.25, -0.2) is 0 Å². The Balaban J connectivity index is 1.85. The Labute approximate surface area is 142 Å². The number of carbonyl (C=O) groups is 2. The van der Waals surface area contributed by atoms with Crippen molar-refractivity contribution >= 4 is 11.9 Å². The van der Waals surface area contributed by atoms with Crippen molar-refractivity contribution in [1.82, 2.24) is 4.90 Å². The molecule has 6 nitrogen and oxygen atoms in total. The second-order valence-corrected chi connectivity index (χ2v) is 5.75. The minimum Gasteiger partial charge on any atom is -0.481 e. The van der Waals surface area contributed by atoms with Crippen molar-refractivity contribution < 1.29 is 19.1 Å². The van der Waals surface area contributed by atoms with Gasteiger partial charge in [-0.15, -0.1) is 0 Å². The molecule has 6 heteroatoms. The van der Waals surface area contributed by atoms with Crippen LogP contribution in [-0.4, -0.2) is 42.6 Å². The molecule has 0 bridgehead atoms. The molecule has 1 aromatic rings. The molecule has 128 valence electrons. The van der Waals surface area contributed by atoms with Crippen LogP contribution in [0.4, 0.5) is 0 Å². The molecule has 1 aliphatic heterocycles. The molecule has 1 aliphatic rings. The molecule has 24 heavy (non-hydrogen) atoms. The average molecular weight is 330 g/mol. The topological polar surface area (TPSA) is 79.6 Å².